The summed E-state index contributed by atoms with van der Waals surface area (Å²) in [5, 5.41) is 5.87. The Balaban J connectivity index is 1.86. The maximum Gasteiger partial charge on any atom is 0.255 e. The minimum Gasteiger partial charge on any atom is -0.329 e. The number of H-pyrrole nitrogens is 1. The summed E-state index contributed by atoms with van der Waals surface area (Å²) in [7, 11) is 0. The zero-order chi connectivity index (χ0) is 12.4. The smallest absolute Gasteiger partial charge is 0.255 e. The summed E-state index contributed by atoms with van der Waals surface area (Å²) < 4.78 is 0. The second-order valence-electron chi connectivity index (χ2n) is 4.62. The van der Waals surface area contributed by atoms with E-state index in [4.69, 9.17) is 0 Å². The summed E-state index contributed by atoms with van der Waals surface area (Å²) in [5.74, 6) is 0. The van der Waals surface area contributed by atoms with Gasteiger partial charge in [-0.25, -0.2) is 0 Å². The molecule has 1 aromatic carbocycles. The Labute approximate surface area is 110 Å². The third kappa shape index (κ3) is 2.44. The molecule has 18 heavy (non-hydrogen) atoms. The molecule has 0 spiro atoms. The van der Waals surface area contributed by atoms with Crippen LogP contribution in [0.5, 0.6) is 0 Å². The number of aromatic amines is 1. The number of hydrogen-bond acceptors (Lipinski definition) is 3. The largest absolute Gasteiger partial charge is 0.329 e. The molecule has 0 saturated carbocycles. The van der Waals surface area contributed by atoms with Crippen molar-refractivity contribution in [3.63, 3.8) is 0 Å². The van der Waals surface area contributed by atoms with Crippen molar-refractivity contribution in [3.8, 4) is 0 Å². The minimum absolute atomic E-state index is 0.00841. The maximum atomic E-state index is 11.6. The van der Waals surface area contributed by atoms with Gasteiger partial charge in [0.25, 0.3) is 5.56 Å². The van der Waals surface area contributed by atoms with Gasteiger partial charge in [0, 0.05) is 21.7 Å². The Morgan fingerprint density at radius 2 is 2.00 bits per heavy atom. The van der Waals surface area contributed by atoms with Gasteiger partial charge in [-0.05, 0) is 55.6 Å². The van der Waals surface area contributed by atoms with Gasteiger partial charge in [0.05, 0.1) is 0 Å². The minimum atomic E-state index is -0.00841. The fourth-order valence-electron chi connectivity index (χ4n) is 2.35. The summed E-state index contributed by atoms with van der Waals surface area (Å²) in [4.78, 5) is 15.6. The summed E-state index contributed by atoms with van der Waals surface area (Å²) >= 11 is 1.93. The molecule has 0 unspecified atom stereocenters. The number of aromatic nitrogens is 1. The third-order valence-corrected chi connectivity index (χ3v) is 4.66. The van der Waals surface area contributed by atoms with Crippen LogP contribution in [-0.4, -0.2) is 23.3 Å². The average molecular weight is 260 g/mol. The van der Waals surface area contributed by atoms with Crippen LogP contribution in [0.4, 0.5) is 0 Å². The Kier molecular flexibility index (Phi) is 3.39. The number of piperidine rings is 1. The molecule has 1 aliphatic heterocycles. The highest BCUT2D eigenvalue weighted by Crippen LogP contribution is 2.30. The number of fused-ring (bicyclic) bond motifs is 1. The van der Waals surface area contributed by atoms with Gasteiger partial charge in [0.15, 0.2) is 0 Å². The van der Waals surface area contributed by atoms with Gasteiger partial charge < -0.3 is 10.3 Å². The van der Waals surface area contributed by atoms with Crippen molar-refractivity contribution < 1.29 is 0 Å². The second kappa shape index (κ2) is 5.16. The highest BCUT2D eigenvalue weighted by atomic mass is 32.2. The quantitative estimate of drug-likeness (QED) is 0.871. The molecule has 0 atom stereocenters. The van der Waals surface area contributed by atoms with Crippen molar-refractivity contribution in [1.29, 1.82) is 0 Å². The molecule has 0 aliphatic carbocycles. The van der Waals surface area contributed by atoms with Crippen LogP contribution in [0.2, 0.25) is 0 Å². The van der Waals surface area contributed by atoms with E-state index >= 15 is 0 Å². The summed E-state index contributed by atoms with van der Waals surface area (Å²) in [6, 6.07) is 8.07. The van der Waals surface area contributed by atoms with Crippen LogP contribution < -0.4 is 10.9 Å². The van der Waals surface area contributed by atoms with Crippen molar-refractivity contribution in [1.82, 2.24) is 10.3 Å². The molecule has 2 aromatic rings. The third-order valence-electron chi connectivity index (χ3n) is 3.33. The van der Waals surface area contributed by atoms with Crippen molar-refractivity contribution in [2.24, 2.45) is 0 Å². The van der Waals surface area contributed by atoms with Gasteiger partial charge in [-0.1, -0.05) is 0 Å². The Bertz CT molecular complexity index is 602. The summed E-state index contributed by atoms with van der Waals surface area (Å²) in [6.07, 6.45) is 4.15. The van der Waals surface area contributed by atoms with Crippen molar-refractivity contribution >= 4 is 22.5 Å². The Morgan fingerprint density at radius 1 is 1.17 bits per heavy atom. The molecule has 1 saturated heterocycles. The van der Waals surface area contributed by atoms with Crippen molar-refractivity contribution in [3.05, 3.63) is 40.8 Å². The standard InChI is InChI=1S/C14H16N2OS/c17-14-13-2-1-12(9-10(13)3-8-16-14)18-11-4-6-15-7-5-11/h1-3,8-9,11,15H,4-7H2,(H,16,17). The van der Waals surface area contributed by atoms with Crippen LogP contribution in [0.15, 0.2) is 40.2 Å². The predicted octanol–water partition coefficient (Wildman–Crippen LogP) is 2.37. The molecule has 1 fully saturated rings. The van der Waals surface area contributed by atoms with E-state index in [0.717, 1.165) is 23.9 Å². The van der Waals surface area contributed by atoms with Crippen molar-refractivity contribution in [2.45, 2.75) is 23.0 Å². The van der Waals surface area contributed by atoms with Gasteiger partial charge in [-0.3, -0.25) is 4.79 Å². The van der Waals surface area contributed by atoms with Crippen LogP contribution in [0.1, 0.15) is 12.8 Å². The highest BCUT2D eigenvalue weighted by Gasteiger charge is 2.14. The Morgan fingerprint density at radius 3 is 2.83 bits per heavy atom. The maximum absolute atomic E-state index is 11.6. The number of benzene rings is 1. The van der Waals surface area contributed by atoms with Crippen LogP contribution in [-0.2, 0) is 0 Å². The molecule has 0 amide bonds. The predicted molar refractivity (Wildman–Crippen MR) is 76.3 cm³/mol. The van der Waals surface area contributed by atoms with Gasteiger partial charge in [0.2, 0.25) is 0 Å². The highest BCUT2D eigenvalue weighted by molar-refractivity contribution is 8.00. The van der Waals surface area contributed by atoms with E-state index in [1.165, 1.54) is 17.7 Å². The van der Waals surface area contributed by atoms with Gasteiger partial charge >= 0.3 is 0 Å². The van der Waals surface area contributed by atoms with E-state index in [2.05, 4.69) is 22.4 Å². The molecule has 3 rings (SSSR count). The van der Waals surface area contributed by atoms with E-state index in [0.29, 0.717) is 5.25 Å². The van der Waals surface area contributed by atoms with E-state index in [-0.39, 0.29) is 5.56 Å². The molecule has 4 heteroatoms. The lowest BCUT2D eigenvalue weighted by Gasteiger charge is -2.22. The van der Waals surface area contributed by atoms with Gasteiger partial charge in [-0.2, -0.15) is 0 Å². The lowest BCUT2D eigenvalue weighted by atomic mass is 10.2. The van der Waals surface area contributed by atoms with E-state index < -0.39 is 0 Å². The van der Waals surface area contributed by atoms with Crippen molar-refractivity contribution in [2.75, 3.05) is 13.1 Å². The molecule has 1 aromatic heterocycles. The van der Waals surface area contributed by atoms with Crippen LogP contribution in [0, 0.1) is 0 Å². The molecule has 94 valence electrons. The first-order valence-corrected chi connectivity index (χ1v) is 7.20. The van der Waals surface area contributed by atoms with E-state index in [1.54, 1.807) is 6.20 Å². The number of hydrogen-bond donors (Lipinski definition) is 2. The second-order valence-corrected chi connectivity index (χ2v) is 6.00. The molecule has 0 bridgehead atoms. The monoisotopic (exact) mass is 260 g/mol. The number of nitrogens with one attached hydrogen (secondary N) is 2. The first-order valence-electron chi connectivity index (χ1n) is 6.32. The fourth-order valence-corrected chi connectivity index (χ4v) is 3.55. The average Bonchev–Trinajstić information content (AvgIpc) is 2.40. The van der Waals surface area contributed by atoms with Gasteiger partial charge in [-0.15, -0.1) is 11.8 Å². The zero-order valence-corrected chi connectivity index (χ0v) is 10.9. The molecule has 2 heterocycles. The first kappa shape index (κ1) is 11.8. The zero-order valence-electron chi connectivity index (χ0n) is 10.1. The van der Waals surface area contributed by atoms with Crippen LogP contribution >= 0.6 is 11.8 Å². The molecular weight excluding hydrogens is 244 g/mol. The number of thioether (sulfide) groups is 1. The lowest BCUT2D eigenvalue weighted by molar-refractivity contribution is 0.531. The van der Waals surface area contributed by atoms with Crippen LogP contribution in [0.3, 0.4) is 0 Å². The molecule has 1 aliphatic rings. The Hall–Kier alpha value is -1.26. The summed E-state index contributed by atoms with van der Waals surface area (Å²) in [5.41, 5.74) is -0.00841. The number of rotatable bonds is 2. The topological polar surface area (TPSA) is 44.9 Å². The van der Waals surface area contributed by atoms with Crippen LogP contribution in [0.25, 0.3) is 10.8 Å². The number of pyridine rings is 1. The summed E-state index contributed by atoms with van der Waals surface area (Å²) in [6.45, 7) is 2.23. The molecule has 3 nitrogen and oxygen atoms in total. The van der Waals surface area contributed by atoms with Gasteiger partial charge in [0.1, 0.15) is 0 Å². The fraction of sp³-hybridized carbons (Fsp3) is 0.357. The SMILES string of the molecule is O=c1[nH]ccc2cc(SC3CCNCC3)ccc12. The van der Waals surface area contributed by atoms with E-state index in [1.807, 2.05) is 23.9 Å². The van der Waals surface area contributed by atoms with E-state index in [9.17, 15) is 4.79 Å². The lowest BCUT2D eigenvalue weighted by Crippen LogP contribution is -2.29. The first-order chi connectivity index (χ1) is 8.83. The normalized spacial score (nSPS) is 17.1. The molecule has 2 N–H and O–H groups in total. The molecular formula is C14H16N2OS. The molecule has 0 radical (unpaired) electrons.